The highest BCUT2D eigenvalue weighted by atomic mass is 19.1. The first-order valence-corrected chi connectivity index (χ1v) is 8.15. The molecule has 1 aromatic carbocycles. The second-order valence-corrected chi connectivity index (χ2v) is 6.88. The lowest BCUT2D eigenvalue weighted by atomic mass is 10.1. The molecule has 1 heterocycles. The summed E-state index contributed by atoms with van der Waals surface area (Å²) in [6.45, 7) is 7.59. The van der Waals surface area contributed by atoms with E-state index in [1.807, 2.05) is 32.8 Å². The molecular formula is C18H27FN2O2. The number of hydrogen-bond donors (Lipinski definition) is 0. The molecule has 23 heavy (non-hydrogen) atoms. The molecule has 0 spiro atoms. The van der Waals surface area contributed by atoms with Gasteiger partial charge in [0.15, 0.2) is 0 Å². The highest BCUT2D eigenvalue weighted by Gasteiger charge is 2.34. The van der Waals surface area contributed by atoms with Crippen LogP contribution in [-0.4, -0.2) is 55.0 Å². The third kappa shape index (κ3) is 4.30. The van der Waals surface area contributed by atoms with Gasteiger partial charge < -0.3 is 14.5 Å². The Bertz CT molecular complexity index is 560. The van der Waals surface area contributed by atoms with Crippen LogP contribution >= 0.6 is 0 Å². The molecule has 0 aliphatic carbocycles. The van der Waals surface area contributed by atoms with Crippen molar-refractivity contribution < 1.29 is 13.9 Å². The molecule has 1 aliphatic rings. The number of ether oxygens (including phenoxy) is 1. The van der Waals surface area contributed by atoms with Crippen LogP contribution in [-0.2, 0) is 11.3 Å². The van der Waals surface area contributed by atoms with Crippen LogP contribution < -0.4 is 0 Å². The van der Waals surface area contributed by atoms with Crippen LogP contribution in [0.4, 0.5) is 4.39 Å². The van der Waals surface area contributed by atoms with Gasteiger partial charge in [0, 0.05) is 30.3 Å². The summed E-state index contributed by atoms with van der Waals surface area (Å²) in [6, 6.07) is 4.90. The SMILES string of the molecule is CC(C)OCc1cc(C(=O)N2C[C@@H](N(C)C)[C@@H](C)C2)ccc1F. The number of halogens is 1. The smallest absolute Gasteiger partial charge is 0.253 e. The largest absolute Gasteiger partial charge is 0.374 e. The zero-order valence-electron chi connectivity index (χ0n) is 14.7. The third-order valence-corrected chi connectivity index (χ3v) is 4.39. The minimum absolute atomic E-state index is 0.0223. The van der Waals surface area contributed by atoms with Crippen molar-refractivity contribution in [2.75, 3.05) is 27.2 Å². The zero-order chi connectivity index (χ0) is 17.1. The van der Waals surface area contributed by atoms with Crippen molar-refractivity contribution >= 4 is 5.91 Å². The van der Waals surface area contributed by atoms with Crippen molar-refractivity contribution in [3.05, 3.63) is 35.1 Å². The van der Waals surface area contributed by atoms with Crippen LogP contribution in [0.1, 0.15) is 36.7 Å². The summed E-state index contributed by atoms with van der Waals surface area (Å²) in [6.07, 6.45) is 0.0223. The van der Waals surface area contributed by atoms with Crippen LogP contribution in [0.5, 0.6) is 0 Å². The second-order valence-electron chi connectivity index (χ2n) is 6.88. The molecule has 0 aromatic heterocycles. The zero-order valence-corrected chi connectivity index (χ0v) is 14.7. The first-order chi connectivity index (χ1) is 10.8. The molecule has 5 heteroatoms. The molecule has 0 radical (unpaired) electrons. The first-order valence-electron chi connectivity index (χ1n) is 8.15. The molecule has 0 unspecified atom stereocenters. The number of rotatable bonds is 5. The first kappa shape index (κ1) is 17.9. The highest BCUT2D eigenvalue weighted by molar-refractivity contribution is 5.94. The lowest BCUT2D eigenvalue weighted by molar-refractivity contribution is 0.0638. The minimum Gasteiger partial charge on any atom is -0.374 e. The van der Waals surface area contributed by atoms with Gasteiger partial charge in [-0.3, -0.25) is 4.79 Å². The van der Waals surface area contributed by atoms with E-state index in [1.54, 1.807) is 12.1 Å². The predicted molar refractivity (Wildman–Crippen MR) is 88.9 cm³/mol. The van der Waals surface area contributed by atoms with E-state index in [2.05, 4.69) is 11.8 Å². The third-order valence-electron chi connectivity index (χ3n) is 4.39. The Kier molecular flexibility index (Phi) is 5.76. The van der Waals surface area contributed by atoms with Crippen LogP contribution in [0.15, 0.2) is 18.2 Å². The molecule has 2 atom stereocenters. The van der Waals surface area contributed by atoms with Crippen LogP contribution in [0.25, 0.3) is 0 Å². The Hall–Kier alpha value is -1.46. The molecule has 4 nitrogen and oxygen atoms in total. The van der Waals surface area contributed by atoms with E-state index < -0.39 is 0 Å². The van der Waals surface area contributed by atoms with Gasteiger partial charge in [-0.05, 0) is 52.1 Å². The van der Waals surface area contributed by atoms with E-state index in [1.165, 1.54) is 6.07 Å². The molecule has 1 fully saturated rings. The van der Waals surface area contributed by atoms with E-state index in [0.717, 1.165) is 6.54 Å². The fourth-order valence-corrected chi connectivity index (χ4v) is 3.05. The van der Waals surface area contributed by atoms with Gasteiger partial charge in [-0.25, -0.2) is 4.39 Å². The lowest BCUT2D eigenvalue weighted by Crippen LogP contribution is -2.35. The fourth-order valence-electron chi connectivity index (χ4n) is 3.05. The number of amides is 1. The number of benzene rings is 1. The maximum absolute atomic E-state index is 13.9. The summed E-state index contributed by atoms with van der Waals surface area (Å²) in [5, 5.41) is 0. The second kappa shape index (κ2) is 7.41. The maximum Gasteiger partial charge on any atom is 0.253 e. The molecule has 2 rings (SSSR count). The molecular weight excluding hydrogens is 295 g/mol. The Morgan fingerprint density at radius 2 is 2.09 bits per heavy atom. The van der Waals surface area contributed by atoms with E-state index >= 15 is 0 Å². The van der Waals surface area contributed by atoms with E-state index in [-0.39, 0.29) is 24.4 Å². The maximum atomic E-state index is 13.9. The van der Waals surface area contributed by atoms with Crippen molar-refractivity contribution in [1.82, 2.24) is 9.80 Å². The summed E-state index contributed by atoms with van der Waals surface area (Å²) in [5.41, 5.74) is 0.960. The monoisotopic (exact) mass is 322 g/mol. The van der Waals surface area contributed by atoms with Crippen LogP contribution in [0.2, 0.25) is 0 Å². The number of hydrogen-bond acceptors (Lipinski definition) is 3. The van der Waals surface area contributed by atoms with Crippen molar-refractivity contribution in [3.63, 3.8) is 0 Å². The average Bonchev–Trinajstić information content (AvgIpc) is 2.87. The molecule has 0 bridgehead atoms. The standard InChI is InChI=1S/C18H27FN2O2/c1-12(2)23-11-15-8-14(6-7-16(15)19)18(22)21-9-13(3)17(10-21)20(4)5/h6-8,12-13,17H,9-11H2,1-5H3/t13-,17+/m0/s1. The van der Waals surface area contributed by atoms with Gasteiger partial charge in [0.05, 0.1) is 12.7 Å². The van der Waals surface area contributed by atoms with Crippen molar-refractivity contribution in [1.29, 1.82) is 0 Å². The van der Waals surface area contributed by atoms with Gasteiger partial charge in [0.25, 0.3) is 5.91 Å². The molecule has 1 aromatic rings. The summed E-state index contributed by atoms with van der Waals surface area (Å²) < 4.78 is 19.3. The van der Waals surface area contributed by atoms with E-state index in [4.69, 9.17) is 4.74 Å². The van der Waals surface area contributed by atoms with Gasteiger partial charge in [-0.2, -0.15) is 0 Å². The van der Waals surface area contributed by atoms with E-state index in [0.29, 0.717) is 29.6 Å². The number of likely N-dealkylation sites (tertiary alicyclic amines) is 1. The summed E-state index contributed by atoms with van der Waals surface area (Å²) in [7, 11) is 4.07. The topological polar surface area (TPSA) is 32.8 Å². The van der Waals surface area contributed by atoms with Crippen LogP contribution in [0.3, 0.4) is 0 Å². The number of carbonyl (C=O) groups is 1. The fraction of sp³-hybridized carbons (Fsp3) is 0.611. The van der Waals surface area contributed by atoms with Gasteiger partial charge in [0.1, 0.15) is 5.82 Å². The number of likely N-dealkylation sites (N-methyl/N-ethyl adjacent to an activating group) is 1. The Balaban J connectivity index is 2.12. The summed E-state index contributed by atoms with van der Waals surface area (Å²) in [5.74, 6) is 0.0632. The van der Waals surface area contributed by atoms with Gasteiger partial charge in [-0.15, -0.1) is 0 Å². The number of carbonyl (C=O) groups excluding carboxylic acids is 1. The van der Waals surface area contributed by atoms with E-state index in [9.17, 15) is 9.18 Å². The average molecular weight is 322 g/mol. The van der Waals surface area contributed by atoms with Crippen LogP contribution in [0, 0.1) is 11.7 Å². The van der Waals surface area contributed by atoms with Gasteiger partial charge in [-0.1, -0.05) is 6.92 Å². The Morgan fingerprint density at radius 1 is 1.39 bits per heavy atom. The Morgan fingerprint density at radius 3 is 2.65 bits per heavy atom. The van der Waals surface area contributed by atoms with Gasteiger partial charge in [0.2, 0.25) is 0 Å². The van der Waals surface area contributed by atoms with Gasteiger partial charge >= 0.3 is 0 Å². The number of nitrogens with zero attached hydrogens (tertiary/aromatic N) is 2. The molecule has 0 N–H and O–H groups in total. The normalized spacial score (nSPS) is 21.5. The molecule has 0 saturated carbocycles. The molecule has 1 saturated heterocycles. The minimum atomic E-state index is -0.330. The summed E-state index contributed by atoms with van der Waals surface area (Å²) >= 11 is 0. The van der Waals surface area contributed by atoms with Crippen molar-refractivity contribution in [3.8, 4) is 0 Å². The molecule has 1 aliphatic heterocycles. The molecule has 128 valence electrons. The Labute approximate surface area is 138 Å². The molecule has 1 amide bonds. The summed E-state index contributed by atoms with van der Waals surface area (Å²) in [4.78, 5) is 16.7. The predicted octanol–water partition coefficient (Wildman–Crippen LogP) is 2.77. The lowest BCUT2D eigenvalue weighted by Gasteiger charge is -2.22. The van der Waals surface area contributed by atoms with Crippen molar-refractivity contribution in [2.24, 2.45) is 5.92 Å². The quantitative estimate of drug-likeness (QED) is 0.836. The van der Waals surface area contributed by atoms with Crippen molar-refractivity contribution in [2.45, 2.75) is 39.5 Å². The highest BCUT2D eigenvalue weighted by Crippen LogP contribution is 2.23.